The average molecular weight is 486 g/mol. The van der Waals surface area contributed by atoms with Crippen molar-refractivity contribution in [1.29, 1.82) is 0 Å². The van der Waals surface area contributed by atoms with Gasteiger partial charge < -0.3 is 14.4 Å². The number of anilines is 2. The molecule has 0 bridgehead atoms. The number of methoxy groups -OCH3 is 1. The van der Waals surface area contributed by atoms with Crippen LogP contribution in [-0.2, 0) is 9.53 Å². The summed E-state index contributed by atoms with van der Waals surface area (Å²) in [7, 11) is 1.26. The molecule has 3 rings (SSSR count). The smallest absolute Gasteiger partial charge is 0.309 e. The van der Waals surface area contributed by atoms with Gasteiger partial charge in [0.2, 0.25) is 5.88 Å². The lowest BCUT2D eigenvalue weighted by Gasteiger charge is -2.29. The SMILES string of the molecule is CCOC(=O)C1CC1C(=O)c1ncc(N(CC(C)(C)F)c2cc(Cl)c(F)cc2F)nc1OC. The second kappa shape index (κ2) is 9.54. The molecule has 2 atom stereocenters. The van der Waals surface area contributed by atoms with E-state index < -0.39 is 40.9 Å². The molecule has 1 aliphatic rings. The number of esters is 1. The minimum absolute atomic E-state index is 0.0477. The number of ketones is 1. The van der Waals surface area contributed by atoms with Crippen molar-refractivity contribution in [2.75, 3.05) is 25.2 Å². The van der Waals surface area contributed by atoms with Crippen LogP contribution in [0.15, 0.2) is 18.3 Å². The molecule has 11 heteroatoms. The van der Waals surface area contributed by atoms with Crippen molar-refractivity contribution in [3.8, 4) is 5.88 Å². The Labute approximate surface area is 193 Å². The van der Waals surface area contributed by atoms with Gasteiger partial charge in [-0.05, 0) is 33.3 Å². The third-order valence-electron chi connectivity index (χ3n) is 4.96. The molecule has 2 aromatic rings. The van der Waals surface area contributed by atoms with Crippen LogP contribution in [0.25, 0.3) is 0 Å². The zero-order valence-corrected chi connectivity index (χ0v) is 19.3. The minimum atomic E-state index is -1.82. The van der Waals surface area contributed by atoms with Crippen LogP contribution >= 0.6 is 11.6 Å². The molecule has 2 unspecified atom stereocenters. The summed E-state index contributed by atoms with van der Waals surface area (Å²) in [6.45, 7) is 4.04. The standard InChI is InChI=1S/C22H23ClF3N3O4/c1-5-33-21(31)12-6-11(12)19(30)18-20(32-4)28-17(9-27-18)29(10-22(2,3)26)16-7-13(23)14(24)8-15(16)25/h7-9,11-12H,5-6,10H2,1-4H3. The van der Waals surface area contributed by atoms with Crippen molar-refractivity contribution in [3.63, 3.8) is 0 Å². The van der Waals surface area contributed by atoms with E-state index >= 15 is 0 Å². The molecule has 33 heavy (non-hydrogen) atoms. The maximum atomic E-state index is 14.6. The summed E-state index contributed by atoms with van der Waals surface area (Å²) < 4.78 is 53.0. The Morgan fingerprint density at radius 1 is 1.24 bits per heavy atom. The third-order valence-corrected chi connectivity index (χ3v) is 5.25. The summed E-state index contributed by atoms with van der Waals surface area (Å²) in [6.07, 6.45) is 1.48. The van der Waals surface area contributed by atoms with Crippen molar-refractivity contribution in [1.82, 2.24) is 9.97 Å². The molecule has 1 fully saturated rings. The number of aromatic nitrogens is 2. The summed E-state index contributed by atoms with van der Waals surface area (Å²) in [5.41, 5.74) is -2.17. The topological polar surface area (TPSA) is 81.6 Å². The molecule has 0 aliphatic heterocycles. The number of alkyl halides is 1. The number of halogens is 4. The van der Waals surface area contributed by atoms with Gasteiger partial charge in [0, 0.05) is 12.0 Å². The number of hydrogen-bond acceptors (Lipinski definition) is 7. The van der Waals surface area contributed by atoms with E-state index in [0.29, 0.717) is 12.5 Å². The minimum Gasteiger partial charge on any atom is -0.479 e. The van der Waals surface area contributed by atoms with E-state index in [2.05, 4.69) is 9.97 Å². The molecule has 0 radical (unpaired) electrons. The van der Waals surface area contributed by atoms with Gasteiger partial charge in [-0.3, -0.25) is 9.59 Å². The average Bonchev–Trinajstić information content (AvgIpc) is 3.54. The lowest BCUT2D eigenvalue weighted by Crippen LogP contribution is -2.34. The number of nitrogens with zero attached hydrogens (tertiary/aromatic N) is 3. The number of carbonyl (C=O) groups excluding carboxylic acids is 2. The number of ether oxygens (including phenoxy) is 2. The number of hydrogen-bond donors (Lipinski definition) is 0. The highest BCUT2D eigenvalue weighted by Crippen LogP contribution is 2.43. The highest BCUT2D eigenvalue weighted by Gasteiger charge is 2.50. The van der Waals surface area contributed by atoms with E-state index in [1.165, 1.54) is 21.0 Å². The third kappa shape index (κ3) is 5.55. The normalized spacial score (nSPS) is 17.5. The summed E-state index contributed by atoms with van der Waals surface area (Å²) in [5, 5.41) is -0.362. The van der Waals surface area contributed by atoms with E-state index in [-0.39, 0.29) is 41.3 Å². The largest absolute Gasteiger partial charge is 0.479 e. The van der Waals surface area contributed by atoms with Gasteiger partial charge in [0.25, 0.3) is 0 Å². The fraction of sp³-hybridized carbons (Fsp3) is 0.455. The van der Waals surface area contributed by atoms with Crippen LogP contribution in [0.3, 0.4) is 0 Å². The van der Waals surface area contributed by atoms with E-state index in [4.69, 9.17) is 21.1 Å². The molecule has 1 aromatic heterocycles. The van der Waals surface area contributed by atoms with Crippen LogP contribution in [0, 0.1) is 23.5 Å². The zero-order valence-electron chi connectivity index (χ0n) is 18.5. The summed E-state index contributed by atoms with van der Waals surface area (Å²) >= 11 is 5.81. The van der Waals surface area contributed by atoms with Gasteiger partial charge in [0.15, 0.2) is 17.3 Å². The lowest BCUT2D eigenvalue weighted by atomic mass is 10.1. The molecule has 7 nitrogen and oxygen atoms in total. The maximum absolute atomic E-state index is 14.6. The lowest BCUT2D eigenvalue weighted by molar-refractivity contribution is -0.144. The predicted octanol–water partition coefficient (Wildman–Crippen LogP) is 4.68. The van der Waals surface area contributed by atoms with Crippen LogP contribution in [0.2, 0.25) is 5.02 Å². The quantitative estimate of drug-likeness (QED) is 0.289. The Balaban J connectivity index is 1.97. The second-order valence-corrected chi connectivity index (χ2v) is 8.58. The molecule has 1 heterocycles. The predicted molar refractivity (Wildman–Crippen MR) is 115 cm³/mol. The Hall–Kier alpha value is -2.88. The summed E-state index contributed by atoms with van der Waals surface area (Å²) in [5.74, 6) is -4.25. The molecule has 1 aromatic carbocycles. The zero-order chi connectivity index (χ0) is 24.5. The van der Waals surface area contributed by atoms with E-state index in [1.807, 2.05) is 0 Å². The van der Waals surface area contributed by atoms with Gasteiger partial charge in [-0.2, -0.15) is 4.98 Å². The molecular weight excluding hydrogens is 463 g/mol. The van der Waals surface area contributed by atoms with E-state index in [9.17, 15) is 22.8 Å². The fourth-order valence-electron chi connectivity index (χ4n) is 3.36. The van der Waals surface area contributed by atoms with Crippen molar-refractivity contribution >= 4 is 34.9 Å². The molecule has 178 valence electrons. The highest BCUT2D eigenvalue weighted by atomic mass is 35.5. The van der Waals surface area contributed by atoms with Gasteiger partial charge in [-0.25, -0.2) is 18.2 Å². The maximum Gasteiger partial charge on any atom is 0.309 e. The van der Waals surface area contributed by atoms with Gasteiger partial charge in [-0.1, -0.05) is 11.6 Å². The molecule has 1 saturated carbocycles. The molecule has 0 amide bonds. The first-order valence-corrected chi connectivity index (χ1v) is 10.6. The van der Waals surface area contributed by atoms with Gasteiger partial charge in [0.05, 0.1) is 43.1 Å². The first-order valence-electron chi connectivity index (χ1n) is 10.2. The van der Waals surface area contributed by atoms with Crippen LogP contribution < -0.4 is 9.64 Å². The van der Waals surface area contributed by atoms with Gasteiger partial charge in [-0.15, -0.1) is 0 Å². The fourth-order valence-corrected chi connectivity index (χ4v) is 3.52. The molecule has 0 N–H and O–H groups in total. The van der Waals surface area contributed by atoms with Crippen LogP contribution in [0.5, 0.6) is 5.88 Å². The van der Waals surface area contributed by atoms with E-state index in [0.717, 1.165) is 17.2 Å². The number of Topliss-reactive ketones (excluding diaryl/α,β-unsaturated/α-hetero) is 1. The first kappa shape index (κ1) is 24.8. The van der Waals surface area contributed by atoms with Crippen LogP contribution in [0.4, 0.5) is 24.7 Å². The Morgan fingerprint density at radius 2 is 1.94 bits per heavy atom. The van der Waals surface area contributed by atoms with E-state index in [1.54, 1.807) is 6.92 Å². The van der Waals surface area contributed by atoms with Crippen LogP contribution in [-0.4, -0.2) is 47.7 Å². The van der Waals surface area contributed by atoms with Crippen LogP contribution in [0.1, 0.15) is 37.7 Å². The summed E-state index contributed by atoms with van der Waals surface area (Å²) in [4.78, 5) is 34.2. The van der Waals surface area contributed by atoms with Crippen molar-refractivity contribution < 1.29 is 32.2 Å². The Bertz CT molecular complexity index is 1080. The molecule has 1 aliphatic carbocycles. The van der Waals surface area contributed by atoms with Crippen molar-refractivity contribution in [2.45, 2.75) is 32.9 Å². The van der Waals surface area contributed by atoms with Crippen molar-refractivity contribution in [2.24, 2.45) is 11.8 Å². The Morgan fingerprint density at radius 3 is 2.55 bits per heavy atom. The highest BCUT2D eigenvalue weighted by molar-refractivity contribution is 6.31. The van der Waals surface area contributed by atoms with Gasteiger partial charge in [0.1, 0.15) is 17.3 Å². The van der Waals surface area contributed by atoms with Gasteiger partial charge >= 0.3 is 5.97 Å². The Kier molecular flexibility index (Phi) is 7.16. The monoisotopic (exact) mass is 485 g/mol. The molecular formula is C22H23ClF3N3O4. The molecule has 0 spiro atoms. The second-order valence-electron chi connectivity index (χ2n) is 8.17. The number of rotatable bonds is 9. The number of benzene rings is 1. The van der Waals surface area contributed by atoms with Crippen molar-refractivity contribution in [3.05, 3.63) is 40.7 Å². The first-order chi connectivity index (χ1) is 15.5. The number of carbonyl (C=O) groups is 2. The summed E-state index contributed by atoms with van der Waals surface area (Å²) in [6, 6.07) is 1.60. The molecule has 0 saturated heterocycles.